The molecule has 0 aliphatic carbocycles. The van der Waals surface area contributed by atoms with Gasteiger partial charge < -0.3 is 5.32 Å². The van der Waals surface area contributed by atoms with Gasteiger partial charge in [-0.2, -0.15) is 4.31 Å². The van der Waals surface area contributed by atoms with Gasteiger partial charge in [-0.3, -0.25) is 4.79 Å². The Kier molecular flexibility index (Phi) is 7.59. The van der Waals surface area contributed by atoms with Gasteiger partial charge in [-0.05, 0) is 54.4 Å². The van der Waals surface area contributed by atoms with Crippen molar-refractivity contribution in [3.05, 3.63) is 100 Å². The molecule has 3 rings (SSSR count). The molecule has 0 radical (unpaired) electrons. The Morgan fingerprint density at radius 3 is 2.23 bits per heavy atom. The number of carbonyl (C=O) groups is 1. The number of amides is 1. The van der Waals surface area contributed by atoms with Crippen LogP contribution in [0.15, 0.2) is 88.2 Å². The lowest BCUT2D eigenvalue weighted by atomic mass is 10.1. The fourth-order valence-corrected chi connectivity index (χ4v) is 4.71. The van der Waals surface area contributed by atoms with Crippen LogP contribution in [0.2, 0.25) is 0 Å². The van der Waals surface area contributed by atoms with Crippen molar-refractivity contribution in [1.82, 2.24) is 9.62 Å². The molecule has 1 atom stereocenters. The molecular weight excluding hydrogens is 483 g/mol. The van der Waals surface area contributed by atoms with E-state index < -0.39 is 22.0 Å². The van der Waals surface area contributed by atoms with Crippen molar-refractivity contribution in [3.8, 4) is 0 Å². The number of sulfonamides is 1. The summed E-state index contributed by atoms with van der Waals surface area (Å²) >= 11 is 3.36. The number of hydrogen-bond donors (Lipinski definition) is 1. The van der Waals surface area contributed by atoms with Crippen LogP contribution in [-0.2, 0) is 21.4 Å². The van der Waals surface area contributed by atoms with Gasteiger partial charge in [-0.15, -0.1) is 0 Å². The Hall–Kier alpha value is -2.55. The summed E-state index contributed by atoms with van der Waals surface area (Å²) in [5, 5.41) is 2.79. The van der Waals surface area contributed by atoms with Gasteiger partial charge in [-0.1, -0.05) is 58.4 Å². The molecule has 5 nitrogen and oxygen atoms in total. The lowest BCUT2D eigenvalue weighted by Gasteiger charge is -2.23. The van der Waals surface area contributed by atoms with Gasteiger partial charge >= 0.3 is 0 Å². The van der Waals surface area contributed by atoms with Crippen LogP contribution < -0.4 is 5.32 Å². The van der Waals surface area contributed by atoms with Gasteiger partial charge in [0.05, 0.1) is 17.5 Å². The second-order valence-electron chi connectivity index (χ2n) is 7.05. The van der Waals surface area contributed by atoms with Crippen molar-refractivity contribution in [3.63, 3.8) is 0 Å². The van der Waals surface area contributed by atoms with Crippen LogP contribution in [0.25, 0.3) is 0 Å². The zero-order valence-corrected chi connectivity index (χ0v) is 19.2. The summed E-state index contributed by atoms with van der Waals surface area (Å²) in [5.74, 6) is -0.814. The molecule has 31 heavy (non-hydrogen) atoms. The summed E-state index contributed by atoms with van der Waals surface area (Å²) in [6, 6.07) is 20.7. The molecule has 0 aliphatic heterocycles. The van der Waals surface area contributed by atoms with Crippen LogP contribution in [0.4, 0.5) is 4.39 Å². The number of nitrogens with zero attached hydrogens (tertiary/aromatic N) is 1. The zero-order chi connectivity index (χ0) is 22.4. The lowest BCUT2D eigenvalue weighted by molar-refractivity contribution is -0.122. The quantitative estimate of drug-likeness (QED) is 0.485. The Labute approximate surface area is 190 Å². The van der Waals surface area contributed by atoms with Crippen LogP contribution in [0.5, 0.6) is 0 Å². The van der Waals surface area contributed by atoms with E-state index in [1.54, 1.807) is 49.4 Å². The largest absolute Gasteiger partial charge is 0.348 e. The Bertz CT molecular complexity index is 1120. The summed E-state index contributed by atoms with van der Waals surface area (Å²) in [6.07, 6.45) is 0. The molecular formula is C23H22BrFN2O3S. The maximum absolute atomic E-state index is 13.2. The van der Waals surface area contributed by atoms with Crippen molar-refractivity contribution in [2.45, 2.75) is 24.4 Å². The van der Waals surface area contributed by atoms with Gasteiger partial charge in [0.15, 0.2) is 0 Å². The number of hydrogen-bond acceptors (Lipinski definition) is 3. The fourth-order valence-electron chi connectivity index (χ4n) is 3.04. The average Bonchev–Trinajstić information content (AvgIpc) is 2.75. The monoisotopic (exact) mass is 504 g/mol. The topological polar surface area (TPSA) is 66.5 Å². The Morgan fingerprint density at radius 2 is 1.61 bits per heavy atom. The number of halogens is 2. The van der Waals surface area contributed by atoms with Crippen molar-refractivity contribution in [2.24, 2.45) is 0 Å². The summed E-state index contributed by atoms with van der Waals surface area (Å²) in [4.78, 5) is 12.8. The molecule has 162 valence electrons. The highest BCUT2D eigenvalue weighted by atomic mass is 79.9. The second kappa shape index (κ2) is 10.2. The second-order valence-corrected chi connectivity index (χ2v) is 9.91. The first kappa shape index (κ1) is 23.1. The van der Waals surface area contributed by atoms with E-state index in [9.17, 15) is 17.6 Å². The predicted molar refractivity (Wildman–Crippen MR) is 121 cm³/mol. The van der Waals surface area contributed by atoms with Crippen molar-refractivity contribution >= 4 is 31.9 Å². The highest BCUT2D eigenvalue weighted by molar-refractivity contribution is 9.10. The van der Waals surface area contributed by atoms with E-state index in [0.29, 0.717) is 0 Å². The van der Waals surface area contributed by atoms with Gasteiger partial charge in [0, 0.05) is 11.0 Å². The van der Waals surface area contributed by atoms with Crippen LogP contribution in [-0.4, -0.2) is 25.2 Å². The average molecular weight is 505 g/mol. The molecule has 0 fully saturated rings. The number of carbonyl (C=O) groups excluding carboxylic acids is 1. The first-order chi connectivity index (χ1) is 14.8. The predicted octanol–water partition coefficient (Wildman–Crippen LogP) is 4.66. The molecule has 0 aliphatic rings. The van der Waals surface area contributed by atoms with Gasteiger partial charge in [-0.25, -0.2) is 12.8 Å². The van der Waals surface area contributed by atoms with Crippen molar-refractivity contribution < 1.29 is 17.6 Å². The molecule has 8 heteroatoms. The molecule has 3 aromatic carbocycles. The van der Waals surface area contributed by atoms with Crippen molar-refractivity contribution in [2.75, 3.05) is 6.54 Å². The third-order valence-electron chi connectivity index (χ3n) is 4.72. The normalized spacial score (nSPS) is 12.5. The highest BCUT2D eigenvalue weighted by Gasteiger charge is 2.27. The molecule has 0 saturated carbocycles. The minimum Gasteiger partial charge on any atom is -0.348 e. The molecule has 1 N–H and O–H groups in total. The first-order valence-corrected chi connectivity index (χ1v) is 11.8. The van der Waals surface area contributed by atoms with E-state index in [4.69, 9.17) is 0 Å². The SMILES string of the molecule is CC(NC(=O)CN(Cc1ccc(Br)cc1)S(=O)(=O)c1ccccc1)c1ccc(F)cc1. The van der Waals surface area contributed by atoms with E-state index in [-0.39, 0.29) is 23.8 Å². The van der Waals surface area contributed by atoms with Crippen LogP contribution in [0.3, 0.4) is 0 Å². The fraction of sp³-hybridized carbons (Fsp3) is 0.174. The Balaban J connectivity index is 1.81. The van der Waals surface area contributed by atoms with Crippen LogP contribution in [0, 0.1) is 5.82 Å². The van der Waals surface area contributed by atoms with Crippen LogP contribution in [0.1, 0.15) is 24.1 Å². The molecule has 0 heterocycles. The number of nitrogens with one attached hydrogen (secondary N) is 1. The molecule has 1 unspecified atom stereocenters. The van der Waals surface area contributed by atoms with E-state index >= 15 is 0 Å². The van der Waals surface area contributed by atoms with Gasteiger partial charge in [0.25, 0.3) is 0 Å². The minimum absolute atomic E-state index is 0.0445. The molecule has 0 bridgehead atoms. The maximum Gasteiger partial charge on any atom is 0.243 e. The molecule has 3 aromatic rings. The summed E-state index contributed by atoms with van der Waals surface area (Å²) in [5.41, 5.74) is 1.47. The molecule has 0 spiro atoms. The van der Waals surface area contributed by atoms with E-state index in [0.717, 1.165) is 19.9 Å². The van der Waals surface area contributed by atoms with Crippen LogP contribution >= 0.6 is 15.9 Å². The first-order valence-electron chi connectivity index (χ1n) is 9.60. The lowest BCUT2D eigenvalue weighted by Crippen LogP contribution is -2.41. The minimum atomic E-state index is -3.90. The molecule has 0 saturated heterocycles. The molecule has 1 amide bonds. The molecule has 0 aromatic heterocycles. The Morgan fingerprint density at radius 1 is 1.00 bits per heavy atom. The summed E-state index contributed by atoms with van der Waals surface area (Å²) in [7, 11) is -3.90. The van der Waals surface area contributed by atoms with Gasteiger partial charge in [0.2, 0.25) is 15.9 Å². The summed E-state index contributed by atoms with van der Waals surface area (Å²) < 4.78 is 41.6. The van der Waals surface area contributed by atoms with Gasteiger partial charge in [0.1, 0.15) is 5.82 Å². The van der Waals surface area contributed by atoms with Crippen molar-refractivity contribution in [1.29, 1.82) is 0 Å². The summed E-state index contributed by atoms with van der Waals surface area (Å²) in [6.45, 7) is 1.46. The highest BCUT2D eigenvalue weighted by Crippen LogP contribution is 2.20. The van der Waals surface area contributed by atoms with E-state index in [1.165, 1.54) is 24.3 Å². The smallest absolute Gasteiger partial charge is 0.243 e. The number of rotatable bonds is 8. The van der Waals surface area contributed by atoms with E-state index in [2.05, 4.69) is 21.2 Å². The van der Waals surface area contributed by atoms with E-state index in [1.807, 2.05) is 12.1 Å². The third-order valence-corrected chi connectivity index (χ3v) is 7.06. The maximum atomic E-state index is 13.2. The zero-order valence-electron chi connectivity index (χ0n) is 16.8. The third kappa shape index (κ3) is 6.22. The number of benzene rings is 3. The standard InChI is InChI=1S/C23H22BrFN2O3S/c1-17(19-9-13-21(25)14-10-19)26-23(28)16-27(15-18-7-11-20(24)12-8-18)31(29,30)22-5-3-2-4-6-22/h2-14,17H,15-16H2,1H3,(H,26,28).